The maximum Gasteiger partial charge on any atom is 0.311 e. The van der Waals surface area contributed by atoms with Crippen molar-refractivity contribution in [3.05, 3.63) is 11.6 Å². The van der Waals surface area contributed by atoms with Crippen LogP contribution in [-0.2, 0) is 9.53 Å². The fourth-order valence-electron chi connectivity index (χ4n) is 4.59. The van der Waals surface area contributed by atoms with Crippen LogP contribution in [0.1, 0.15) is 46.5 Å². The minimum Gasteiger partial charge on any atom is -0.433 e. The molecule has 3 aliphatic rings. The summed E-state index contributed by atoms with van der Waals surface area (Å²) in [6.07, 6.45) is 6.00. The Morgan fingerprint density at radius 3 is 2.89 bits per heavy atom. The van der Waals surface area contributed by atoms with Gasteiger partial charge in [0.1, 0.15) is 0 Å². The van der Waals surface area contributed by atoms with E-state index in [1.165, 1.54) is 5.57 Å². The van der Waals surface area contributed by atoms with E-state index in [0.717, 1.165) is 19.3 Å². The first-order valence-corrected chi connectivity index (χ1v) is 7.04. The molecule has 0 bridgehead atoms. The van der Waals surface area contributed by atoms with Crippen molar-refractivity contribution in [3.63, 3.8) is 0 Å². The van der Waals surface area contributed by atoms with Crippen LogP contribution < -0.4 is 0 Å². The van der Waals surface area contributed by atoms with Crippen molar-refractivity contribution in [2.45, 2.75) is 52.2 Å². The first-order chi connectivity index (χ1) is 8.39. The lowest BCUT2D eigenvalue weighted by atomic mass is 9.52. The van der Waals surface area contributed by atoms with E-state index >= 15 is 0 Å². The van der Waals surface area contributed by atoms with Crippen LogP contribution in [-0.4, -0.2) is 16.9 Å². The molecule has 1 saturated carbocycles. The van der Waals surface area contributed by atoms with Crippen LogP contribution in [0.5, 0.6) is 0 Å². The molecule has 3 rings (SSSR count). The third-order valence-electron chi connectivity index (χ3n) is 5.74. The number of rotatable bonds is 0. The summed E-state index contributed by atoms with van der Waals surface area (Å²) in [6.45, 7) is 6.37. The standard InChI is InChI=1S/C15H22O3/c1-9-5-4-6-11-7-8-15(17)12(14(9,11)3)10(2)13(16)18-15/h6,9-10,12,17H,4-5,7-8H2,1-3H3. The Balaban J connectivity index is 2.11. The van der Waals surface area contributed by atoms with Crippen molar-refractivity contribution in [2.75, 3.05) is 0 Å². The molecule has 18 heavy (non-hydrogen) atoms. The zero-order valence-corrected chi connectivity index (χ0v) is 11.4. The van der Waals surface area contributed by atoms with Gasteiger partial charge in [0.2, 0.25) is 5.79 Å². The summed E-state index contributed by atoms with van der Waals surface area (Å²) in [5.41, 5.74) is 1.35. The van der Waals surface area contributed by atoms with Crippen LogP contribution in [0, 0.1) is 23.2 Å². The molecule has 3 heteroatoms. The van der Waals surface area contributed by atoms with Crippen molar-refractivity contribution in [1.82, 2.24) is 0 Å². The molecule has 1 N–H and O–H groups in total. The topological polar surface area (TPSA) is 46.5 Å². The second-order valence-electron chi connectivity index (χ2n) is 6.52. The zero-order chi connectivity index (χ0) is 13.1. The average molecular weight is 250 g/mol. The molecule has 0 radical (unpaired) electrons. The van der Waals surface area contributed by atoms with Gasteiger partial charge in [0.15, 0.2) is 0 Å². The first kappa shape index (κ1) is 12.2. The molecule has 2 aliphatic carbocycles. The second-order valence-corrected chi connectivity index (χ2v) is 6.52. The summed E-state index contributed by atoms with van der Waals surface area (Å²) in [7, 11) is 0. The number of carbonyl (C=O) groups is 1. The lowest BCUT2D eigenvalue weighted by Gasteiger charge is -2.53. The van der Waals surface area contributed by atoms with Gasteiger partial charge in [-0.05, 0) is 25.2 Å². The normalized spacial score (nSPS) is 51.2. The van der Waals surface area contributed by atoms with Gasteiger partial charge in [-0.1, -0.05) is 32.4 Å². The fourth-order valence-corrected chi connectivity index (χ4v) is 4.59. The SMILES string of the molecule is CC1C(=O)OC2(O)CCC3=CCCC(C)C3(C)C12. The Morgan fingerprint density at radius 2 is 2.17 bits per heavy atom. The van der Waals surface area contributed by atoms with Gasteiger partial charge in [0.25, 0.3) is 0 Å². The van der Waals surface area contributed by atoms with Gasteiger partial charge in [0.05, 0.1) is 5.92 Å². The number of aliphatic hydroxyl groups is 1. The molecule has 0 amide bonds. The van der Waals surface area contributed by atoms with E-state index in [4.69, 9.17) is 4.74 Å². The maximum absolute atomic E-state index is 11.9. The number of ether oxygens (including phenoxy) is 1. The molecule has 2 fully saturated rings. The van der Waals surface area contributed by atoms with Crippen LogP contribution >= 0.6 is 0 Å². The van der Waals surface area contributed by atoms with E-state index in [0.29, 0.717) is 12.3 Å². The van der Waals surface area contributed by atoms with Crippen molar-refractivity contribution < 1.29 is 14.6 Å². The molecule has 5 atom stereocenters. The highest BCUT2D eigenvalue weighted by molar-refractivity contribution is 5.76. The summed E-state index contributed by atoms with van der Waals surface area (Å²) in [4.78, 5) is 11.9. The number of hydrogen-bond donors (Lipinski definition) is 1. The highest BCUT2D eigenvalue weighted by Gasteiger charge is 2.64. The molecule has 0 aromatic heterocycles. The summed E-state index contributed by atoms with van der Waals surface area (Å²) in [5, 5.41) is 10.7. The third-order valence-corrected chi connectivity index (χ3v) is 5.74. The van der Waals surface area contributed by atoms with Crippen molar-refractivity contribution in [1.29, 1.82) is 0 Å². The summed E-state index contributed by atoms with van der Waals surface area (Å²) >= 11 is 0. The van der Waals surface area contributed by atoms with E-state index in [1.807, 2.05) is 6.92 Å². The number of hydrogen-bond acceptors (Lipinski definition) is 3. The van der Waals surface area contributed by atoms with Crippen molar-refractivity contribution >= 4 is 5.97 Å². The molecule has 1 aliphatic heterocycles. The van der Waals surface area contributed by atoms with Gasteiger partial charge in [0, 0.05) is 17.8 Å². The maximum atomic E-state index is 11.9. The third kappa shape index (κ3) is 1.31. The molecule has 0 aromatic carbocycles. The van der Waals surface area contributed by atoms with Crippen LogP contribution in [0.15, 0.2) is 11.6 Å². The minimum atomic E-state index is -1.23. The van der Waals surface area contributed by atoms with Gasteiger partial charge in [-0.3, -0.25) is 4.79 Å². The molecule has 3 nitrogen and oxygen atoms in total. The van der Waals surface area contributed by atoms with E-state index in [-0.39, 0.29) is 23.2 Å². The van der Waals surface area contributed by atoms with Gasteiger partial charge < -0.3 is 9.84 Å². The Kier molecular flexibility index (Phi) is 2.44. The molecule has 0 aromatic rings. The number of allylic oxidation sites excluding steroid dienone is 2. The van der Waals surface area contributed by atoms with Gasteiger partial charge in [-0.15, -0.1) is 0 Å². The number of carbonyl (C=O) groups excluding carboxylic acids is 1. The predicted molar refractivity (Wildman–Crippen MR) is 67.5 cm³/mol. The van der Waals surface area contributed by atoms with Crippen molar-refractivity contribution in [2.24, 2.45) is 23.2 Å². The minimum absolute atomic E-state index is 0.0865. The molecular weight excluding hydrogens is 228 g/mol. The monoisotopic (exact) mass is 250 g/mol. The smallest absolute Gasteiger partial charge is 0.311 e. The largest absolute Gasteiger partial charge is 0.433 e. The van der Waals surface area contributed by atoms with Gasteiger partial charge >= 0.3 is 5.97 Å². The van der Waals surface area contributed by atoms with Crippen LogP contribution in [0.3, 0.4) is 0 Å². The molecule has 100 valence electrons. The summed E-state index contributed by atoms with van der Waals surface area (Å²) in [6, 6.07) is 0. The van der Waals surface area contributed by atoms with E-state index in [1.54, 1.807) is 0 Å². The van der Waals surface area contributed by atoms with Gasteiger partial charge in [-0.2, -0.15) is 0 Å². The molecule has 5 unspecified atom stereocenters. The lowest BCUT2D eigenvalue weighted by molar-refractivity contribution is -0.229. The molecule has 0 spiro atoms. The molecular formula is C15H22O3. The van der Waals surface area contributed by atoms with Crippen LogP contribution in [0.2, 0.25) is 0 Å². The predicted octanol–water partition coefficient (Wildman–Crippen LogP) is 2.64. The Bertz CT molecular complexity index is 427. The first-order valence-electron chi connectivity index (χ1n) is 7.04. The quantitative estimate of drug-likeness (QED) is 0.531. The second kappa shape index (κ2) is 3.60. The molecule has 1 heterocycles. The zero-order valence-electron chi connectivity index (χ0n) is 11.4. The Labute approximate surface area is 108 Å². The summed E-state index contributed by atoms with van der Waals surface area (Å²) < 4.78 is 5.32. The highest BCUT2D eigenvalue weighted by atomic mass is 16.7. The van der Waals surface area contributed by atoms with Gasteiger partial charge in [-0.25, -0.2) is 0 Å². The average Bonchev–Trinajstić information content (AvgIpc) is 2.53. The molecule has 1 saturated heterocycles. The fraction of sp³-hybridized carbons (Fsp3) is 0.800. The number of fused-ring (bicyclic) bond motifs is 3. The highest BCUT2D eigenvalue weighted by Crippen LogP contribution is 2.61. The van der Waals surface area contributed by atoms with E-state index in [9.17, 15) is 9.90 Å². The Morgan fingerprint density at radius 1 is 1.44 bits per heavy atom. The number of esters is 1. The van der Waals surface area contributed by atoms with Crippen LogP contribution in [0.25, 0.3) is 0 Å². The Hall–Kier alpha value is -0.830. The lowest BCUT2D eigenvalue weighted by Crippen LogP contribution is -2.53. The van der Waals surface area contributed by atoms with Crippen molar-refractivity contribution in [3.8, 4) is 0 Å². The van der Waals surface area contributed by atoms with Crippen LogP contribution in [0.4, 0.5) is 0 Å². The summed E-state index contributed by atoms with van der Waals surface area (Å²) in [5.74, 6) is -1.26. The van der Waals surface area contributed by atoms with E-state index < -0.39 is 5.79 Å². The van der Waals surface area contributed by atoms with E-state index in [2.05, 4.69) is 19.9 Å².